The minimum Gasteiger partial charge on any atom is -0.469 e. The van der Waals surface area contributed by atoms with Crippen LogP contribution in [0.25, 0.3) is 0 Å². The molecule has 2 aliphatic heterocycles. The Labute approximate surface area is 172 Å². The summed E-state index contributed by atoms with van der Waals surface area (Å²) in [5.74, 6) is -0.0173. The quantitative estimate of drug-likeness (QED) is 0.703. The number of hydrogen-bond donors (Lipinski definition) is 3. The first-order chi connectivity index (χ1) is 13.8. The molecule has 0 bridgehead atoms. The van der Waals surface area contributed by atoms with Crippen LogP contribution in [0.3, 0.4) is 0 Å². The van der Waals surface area contributed by atoms with Crippen LogP contribution < -0.4 is 0 Å². The van der Waals surface area contributed by atoms with Crippen molar-refractivity contribution in [3.8, 4) is 0 Å². The van der Waals surface area contributed by atoms with E-state index < -0.39 is 36.7 Å². The number of benzene rings is 2. The van der Waals surface area contributed by atoms with Crippen molar-refractivity contribution < 1.29 is 29.2 Å². The van der Waals surface area contributed by atoms with E-state index in [-0.39, 0.29) is 5.82 Å². The molecule has 2 aromatic carbocycles. The van der Waals surface area contributed by atoms with E-state index in [1.54, 1.807) is 37.3 Å². The zero-order valence-electron chi connectivity index (χ0n) is 15.6. The molecular weight excluding hydrogens is 401 g/mol. The summed E-state index contributed by atoms with van der Waals surface area (Å²) in [6.07, 6.45) is -4.18. The highest BCUT2D eigenvalue weighted by Crippen LogP contribution is 2.45. The average molecular weight is 422 g/mol. The third-order valence-electron chi connectivity index (χ3n) is 5.33. The van der Waals surface area contributed by atoms with E-state index in [1.165, 1.54) is 12.1 Å². The van der Waals surface area contributed by atoms with Gasteiger partial charge in [-0.05, 0) is 41.8 Å². The Kier molecular flexibility index (Phi) is 5.35. The molecule has 0 aromatic heterocycles. The fourth-order valence-corrected chi connectivity index (χ4v) is 4.06. The number of aliphatic hydroxyl groups is 3. The van der Waals surface area contributed by atoms with Gasteiger partial charge in [0.2, 0.25) is 5.72 Å². The van der Waals surface area contributed by atoms with Gasteiger partial charge in [0.25, 0.3) is 0 Å². The minimum absolute atomic E-state index is 0.301. The largest absolute Gasteiger partial charge is 0.469 e. The summed E-state index contributed by atoms with van der Waals surface area (Å²) >= 11 is 6.38. The highest BCUT2D eigenvalue weighted by atomic mass is 35.5. The number of ether oxygens (including phenoxy) is 2. The summed E-state index contributed by atoms with van der Waals surface area (Å²) < 4.78 is 24.8. The Morgan fingerprint density at radius 2 is 1.86 bits per heavy atom. The van der Waals surface area contributed by atoms with E-state index in [0.29, 0.717) is 22.9 Å². The molecule has 5 atom stereocenters. The minimum atomic E-state index is -1.42. The van der Waals surface area contributed by atoms with Crippen molar-refractivity contribution in [1.82, 2.24) is 0 Å². The SMILES string of the molecule is CC1=NC2(c3ccc(Cl)c(Cc4ccc(F)cc4)c3)O[C@H](CO)[C@@H](O)[C@H](O)C2O1. The van der Waals surface area contributed by atoms with E-state index in [9.17, 15) is 19.7 Å². The van der Waals surface area contributed by atoms with E-state index in [4.69, 9.17) is 21.1 Å². The lowest BCUT2D eigenvalue weighted by Gasteiger charge is -2.44. The van der Waals surface area contributed by atoms with Crippen LogP contribution in [0.5, 0.6) is 0 Å². The van der Waals surface area contributed by atoms with Crippen LogP contribution in [-0.4, -0.2) is 52.2 Å². The molecule has 0 saturated carbocycles. The van der Waals surface area contributed by atoms with Crippen molar-refractivity contribution in [3.05, 3.63) is 70.0 Å². The molecule has 1 fully saturated rings. The molecule has 6 nitrogen and oxygen atoms in total. The molecule has 1 saturated heterocycles. The van der Waals surface area contributed by atoms with Gasteiger partial charge in [0, 0.05) is 17.5 Å². The monoisotopic (exact) mass is 421 g/mol. The molecule has 3 N–H and O–H groups in total. The van der Waals surface area contributed by atoms with E-state index in [2.05, 4.69) is 4.99 Å². The van der Waals surface area contributed by atoms with Gasteiger partial charge in [0.1, 0.15) is 24.1 Å². The predicted octanol–water partition coefficient (Wildman–Crippen LogP) is 2.15. The van der Waals surface area contributed by atoms with Crippen LogP contribution in [0.4, 0.5) is 4.39 Å². The zero-order chi connectivity index (χ0) is 20.8. The first-order valence-corrected chi connectivity index (χ1v) is 9.63. The Morgan fingerprint density at radius 3 is 2.55 bits per heavy atom. The molecule has 0 amide bonds. The van der Waals surface area contributed by atoms with Crippen LogP contribution in [-0.2, 0) is 21.6 Å². The van der Waals surface area contributed by atoms with Gasteiger partial charge in [-0.2, -0.15) is 0 Å². The number of rotatable bonds is 4. The molecule has 0 aliphatic carbocycles. The summed E-state index contributed by atoms with van der Waals surface area (Å²) in [4.78, 5) is 4.48. The molecule has 0 spiro atoms. The summed E-state index contributed by atoms with van der Waals surface area (Å²) in [6, 6.07) is 11.3. The highest BCUT2D eigenvalue weighted by molar-refractivity contribution is 6.31. The van der Waals surface area contributed by atoms with Crippen molar-refractivity contribution >= 4 is 17.5 Å². The Bertz CT molecular complexity index is 937. The van der Waals surface area contributed by atoms with Crippen LogP contribution in [0.1, 0.15) is 23.6 Å². The van der Waals surface area contributed by atoms with E-state index in [0.717, 1.165) is 11.1 Å². The zero-order valence-corrected chi connectivity index (χ0v) is 16.4. The van der Waals surface area contributed by atoms with Gasteiger partial charge in [0.15, 0.2) is 12.0 Å². The molecule has 29 heavy (non-hydrogen) atoms. The predicted molar refractivity (Wildman–Crippen MR) is 104 cm³/mol. The smallest absolute Gasteiger partial charge is 0.228 e. The molecule has 0 radical (unpaired) electrons. The normalized spacial score (nSPS) is 31.2. The Hall–Kier alpha value is -2.03. The summed E-state index contributed by atoms with van der Waals surface area (Å²) in [6.45, 7) is 1.14. The molecule has 2 aromatic rings. The maximum absolute atomic E-state index is 13.2. The number of fused-ring (bicyclic) bond motifs is 1. The van der Waals surface area contributed by atoms with Crippen LogP contribution in [0.2, 0.25) is 5.02 Å². The second-order valence-corrected chi connectivity index (χ2v) is 7.70. The van der Waals surface area contributed by atoms with Gasteiger partial charge in [-0.15, -0.1) is 0 Å². The number of aliphatic imine (C=N–C) groups is 1. The van der Waals surface area contributed by atoms with Crippen molar-refractivity contribution in [1.29, 1.82) is 0 Å². The van der Waals surface area contributed by atoms with E-state index in [1.807, 2.05) is 0 Å². The number of hydrogen-bond acceptors (Lipinski definition) is 6. The molecule has 4 rings (SSSR count). The van der Waals surface area contributed by atoms with E-state index >= 15 is 0 Å². The van der Waals surface area contributed by atoms with Gasteiger partial charge in [0.05, 0.1) is 6.61 Å². The van der Waals surface area contributed by atoms with Gasteiger partial charge in [-0.3, -0.25) is 0 Å². The molecule has 2 aliphatic rings. The second-order valence-electron chi connectivity index (χ2n) is 7.30. The first-order valence-electron chi connectivity index (χ1n) is 9.25. The topological polar surface area (TPSA) is 91.5 Å². The molecule has 8 heteroatoms. The van der Waals surface area contributed by atoms with Crippen LogP contribution in [0.15, 0.2) is 47.5 Å². The first kappa shape index (κ1) is 20.3. The molecule has 2 unspecified atom stereocenters. The maximum Gasteiger partial charge on any atom is 0.228 e. The third-order valence-corrected chi connectivity index (χ3v) is 5.69. The van der Waals surface area contributed by atoms with Crippen molar-refractivity contribution in [3.63, 3.8) is 0 Å². The number of nitrogens with zero attached hydrogens (tertiary/aromatic N) is 1. The third kappa shape index (κ3) is 3.53. The van der Waals surface area contributed by atoms with Gasteiger partial charge >= 0.3 is 0 Å². The second kappa shape index (κ2) is 7.66. The highest BCUT2D eigenvalue weighted by Gasteiger charge is 2.59. The summed E-state index contributed by atoms with van der Waals surface area (Å²) in [7, 11) is 0. The maximum atomic E-state index is 13.2. The average Bonchev–Trinajstić information content (AvgIpc) is 3.05. The van der Waals surface area contributed by atoms with Crippen LogP contribution >= 0.6 is 11.6 Å². The lowest BCUT2D eigenvalue weighted by Crippen LogP contribution is -2.61. The van der Waals surface area contributed by atoms with Gasteiger partial charge < -0.3 is 24.8 Å². The lowest BCUT2D eigenvalue weighted by atomic mass is 9.85. The Morgan fingerprint density at radius 1 is 1.14 bits per heavy atom. The van der Waals surface area contributed by atoms with Crippen molar-refractivity contribution in [2.24, 2.45) is 4.99 Å². The molecule has 154 valence electrons. The van der Waals surface area contributed by atoms with Gasteiger partial charge in [-0.1, -0.05) is 29.8 Å². The molecule has 2 heterocycles. The van der Waals surface area contributed by atoms with Crippen molar-refractivity contribution in [2.45, 2.75) is 43.5 Å². The van der Waals surface area contributed by atoms with Gasteiger partial charge in [-0.25, -0.2) is 9.38 Å². The van der Waals surface area contributed by atoms with Crippen LogP contribution in [0, 0.1) is 5.82 Å². The number of aliphatic hydroxyl groups excluding tert-OH is 3. The molecular formula is C21H21ClFNO5. The summed E-state index contributed by atoms with van der Waals surface area (Å²) in [5, 5.41) is 30.9. The van der Waals surface area contributed by atoms with Crippen molar-refractivity contribution in [2.75, 3.05) is 6.61 Å². The number of halogens is 2. The fraction of sp³-hybridized carbons (Fsp3) is 0.381. The summed E-state index contributed by atoms with van der Waals surface area (Å²) in [5.41, 5.74) is 0.784. The Balaban J connectivity index is 1.75. The lowest BCUT2D eigenvalue weighted by molar-refractivity contribution is -0.262. The standard InChI is InChI=1S/C21H21ClFNO5/c1-11-24-21(20(28-11)19(27)18(26)17(10-25)29-21)14-4-7-16(22)13(9-14)8-12-2-5-15(23)6-3-12/h2-7,9,17-20,25-27H,8,10H2,1H3/t17-,18-,19+,20?,21?/m1/s1. The fourth-order valence-electron chi connectivity index (χ4n) is 3.88.